The molecule has 1 heterocycles. The van der Waals surface area contributed by atoms with E-state index < -0.39 is 20.6 Å². The van der Waals surface area contributed by atoms with Crippen LogP contribution in [-0.4, -0.2) is 18.4 Å². The number of sulfone groups is 1. The summed E-state index contributed by atoms with van der Waals surface area (Å²) in [4.78, 5) is 11.9. The number of pyridine rings is 1. The Bertz CT molecular complexity index is 857. The zero-order valence-electron chi connectivity index (χ0n) is 12.9. The molecule has 2 aromatic rings. The molecule has 0 aliphatic heterocycles. The van der Waals surface area contributed by atoms with Gasteiger partial charge in [-0.15, -0.1) is 0 Å². The molecule has 0 saturated carbocycles. The molecular formula is C16H18ClNO4S. The van der Waals surface area contributed by atoms with Crippen molar-refractivity contribution in [3.8, 4) is 0 Å². The SMILES string of the molecule is CCCC(c1cc(C)cc(=O)n1O)S(=O)(=O)c1ccc(Cl)cc1. The lowest BCUT2D eigenvalue weighted by atomic mass is 10.1. The van der Waals surface area contributed by atoms with Crippen molar-refractivity contribution < 1.29 is 13.6 Å². The van der Waals surface area contributed by atoms with E-state index in [-0.39, 0.29) is 17.0 Å². The Morgan fingerprint density at radius 1 is 1.22 bits per heavy atom. The molecule has 0 spiro atoms. The van der Waals surface area contributed by atoms with Gasteiger partial charge in [0, 0.05) is 11.1 Å². The van der Waals surface area contributed by atoms with E-state index in [0.717, 1.165) is 0 Å². The van der Waals surface area contributed by atoms with E-state index >= 15 is 0 Å². The third kappa shape index (κ3) is 3.59. The predicted molar refractivity (Wildman–Crippen MR) is 88.9 cm³/mol. The monoisotopic (exact) mass is 355 g/mol. The molecule has 7 heteroatoms. The summed E-state index contributed by atoms with van der Waals surface area (Å²) in [6.45, 7) is 3.53. The van der Waals surface area contributed by atoms with Crippen LogP contribution in [-0.2, 0) is 9.84 Å². The summed E-state index contributed by atoms with van der Waals surface area (Å²) in [7, 11) is -3.77. The van der Waals surface area contributed by atoms with Crippen molar-refractivity contribution in [2.24, 2.45) is 0 Å². The van der Waals surface area contributed by atoms with Crippen LogP contribution >= 0.6 is 11.6 Å². The number of nitrogens with zero attached hydrogens (tertiary/aromatic N) is 1. The maximum Gasteiger partial charge on any atom is 0.283 e. The molecule has 1 unspecified atom stereocenters. The molecule has 23 heavy (non-hydrogen) atoms. The van der Waals surface area contributed by atoms with E-state index in [2.05, 4.69) is 0 Å². The number of halogens is 1. The molecule has 0 fully saturated rings. The largest absolute Gasteiger partial charge is 0.425 e. The van der Waals surface area contributed by atoms with E-state index in [1.807, 2.05) is 6.92 Å². The van der Waals surface area contributed by atoms with Crippen molar-refractivity contribution >= 4 is 21.4 Å². The summed E-state index contributed by atoms with van der Waals surface area (Å²) in [5.41, 5.74) is 0.0296. The maximum atomic E-state index is 12.9. The predicted octanol–water partition coefficient (Wildman–Crippen LogP) is 3.36. The highest BCUT2D eigenvalue weighted by molar-refractivity contribution is 7.91. The highest BCUT2D eigenvalue weighted by Gasteiger charge is 2.31. The van der Waals surface area contributed by atoms with Gasteiger partial charge in [0.25, 0.3) is 5.56 Å². The smallest absolute Gasteiger partial charge is 0.283 e. The Morgan fingerprint density at radius 3 is 2.39 bits per heavy atom. The van der Waals surface area contributed by atoms with Crippen molar-refractivity contribution in [2.45, 2.75) is 36.8 Å². The Labute approximate surface area is 140 Å². The number of aryl methyl sites for hydroxylation is 1. The summed E-state index contributed by atoms with van der Waals surface area (Å²) in [6.07, 6.45) is 0.869. The standard InChI is InChI=1S/C16H18ClNO4S/c1-3-4-15(14-9-11(2)10-16(19)18(14)20)23(21,22)13-7-5-12(17)6-8-13/h5-10,15,20H,3-4H2,1-2H3. The van der Waals surface area contributed by atoms with E-state index in [9.17, 15) is 18.4 Å². The summed E-state index contributed by atoms with van der Waals surface area (Å²) in [5, 5.41) is 9.42. The Kier molecular flexibility index (Phi) is 5.16. The second-order valence-corrected chi connectivity index (χ2v) is 7.95. The van der Waals surface area contributed by atoms with Gasteiger partial charge in [0.15, 0.2) is 9.84 Å². The van der Waals surface area contributed by atoms with Crippen LogP contribution in [0.1, 0.15) is 36.3 Å². The summed E-state index contributed by atoms with van der Waals surface area (Å²) >= 11 is 5.81. The zero-order chi connectivity index (χ0) is 17.2. The first kappa shape index (κ1) is 17.6. The number of hydrogen-bond donors (Lipinski definition) is 1. The fourth-order valence-electron chi connectivity index (χ4n) is 2.46. The van der Waals surface area contributed by atoms with Gasteiger partial charge < -0.3 is 5.21 Å². The van der Waals surface area contributed by atoms with Crippen LogP contribution in [0.3, 0.4) is 0 Å². The number of aromatic nitrogens is 1. The quantitative estimate of drug-likeness (QED) is 0.834. The molecular weight excluding hydrogens is 338 g/mol. The second-order valence-electron chi connectivity index (χ2n) is 5.38. The fraction of sp³-hybridized carbons (Fsp3) is 0.312. The summed E-state index contributed by atoms with van der Waals surface area (Å²) < 4.78 is 26.3. The highest BCUT2D eigenvalue weighted by atomic mass is 35.5. The number of benzene rings is 1. The van der Waals surface area contributed by atoms with Gasteiger partial charge in [0.05, 0.1) is 10.6 Å². The lowest BCUT2D eigenvalue weighted by Gasteiger charge is -2.19. The first-order valence-electron chi connectivity index (χ1n) is 7.19. The van der Waals surface area contributed by atoms with Crippen LogP contribution in [0.5, 0.6) is 0 Å². The lowest BCUT2D eigenvalue weighted by molar-refractivity contribution is 0.163. The van der Waals surface area contributed by atoms with Crippen LogP contribution in [0.25, 0.3) is 0 Å². The van der Waals surface area contributed by atoms with Gasteiger partial charge in [-0.05, 0) is 49.2 Å². The van der Waals surface area contributed by atoms with Crippen molar-refractivity contribution in [3.05, 3.63) is 63.0 Å². The Hall–Kier alpha value is -1.79. The van der Waals surface area contributed by atoms with Crippen LogP contribution in [0.2, 0.25) is 5.02 Å². The molecule has 5 nitrogen and oxygen atoms in total. The highest BCUT2D eigenvalue weighted by Crippen LogP contribution is 2.32. The molecule has 0 aliphatic rings. The van der Waals surface area contributed by atoms with Crippen LogP contribution in [0.15, 0.2) is 46.1 Å². The van der Waals surface area contributed by atoms with Gasteiger partial charge in [0.1, 0.15) is 5.25 Å². The lowest BCUT2D eigenvalue weighted by Crippen LogP contribution is -2.26. The fourth-order valence-corrected chi connectivity index (χ4v) is 4.46. The minimum Gasteiger partial charge on any atom is -0.425 e. The molecule has 0 saturated heterocycles. The van der Waals surface area contributed by atoms with E-state index in [4.69, 9.17) is 11.6 Å². The van der Waals surface area contributed by atoms with Crippen LogP contribution in [0.4, 0.5) is 0 Å². The number of rotatable bonds is 5. The summed E-state index contributed by atoms with van der Waals surface area (Å²) in [6, 6.07) is 8.63. The molecule has 0 aliphatic carbocycles. The van der Waals surface area contributed by atoms with Gasteiger partial charge >= 0.3 is 0 Å². The third-order valence-electron chi connectivity index (χ3n) is 3.58. The van der Waals surface area contributed by atoms with Crippen LogP contribution < -0.4 is 5.56 Å². The molecule has 1 N–H and O–H groups in total. The molecule has 124 valence electrons. The normalized spacial score (nSPS) is 13.0. The molecule has 2 rings (SSSR count). The van der Waals surface area contributed by atoms with Gasteiger partial charge in [0.2, 0.25) is 0 Å². The maximum absolute atomic E-state index is 12.9. The first-order valence-corrected chi connectivity index (χ1v) is 9.12. The molecule has 1 atom stereocenters. The molecule has 1 aromatic carbocycles. The van der Waals surface area contributed by atoms with E-state index in [1.165, 1.54) is 36.4 Å². The average molecular weight is 356 g/mol. The zero-order valence-corrected chi connectivity index (χ0v) is 14.4. The molecule has 0 bridgehead atoms. The van der Waals surface area contributed by atoms with Gasteiger partial charge in [-0.3, -0.25) is 4.79 Å². The summed E-state index contributed by atoms with van der Waals surface area (Å²) in [5.74, 6) is 0. The van der Waals surface area contributed by atoms with E-state index in [0.29, 0.717) is 21.7 Å². The molecule has 0 amide bonds. The molecule has 1 aromatic heterocycles. The minimum absolute atomic E-state index is 0.0757. The van der Waals surface area contributed by atoms with Crippen molar-refractivity contribution in [1.82, 2.24) is 4.73 Å². The number of hydrogen-bond acceptors (Lipinski definition) is 4. The minimum atomic E-state index is -3.77. The molecule has 0 radical (unpaired) electrons. The second kappa shape index (κ2) is 6.76. The van der Waals surface area contributed by atoms with Crippen molar-refractivity contribution in [2.75, 3.05) is 0 Å². The Morgan fingerprint density at radius 2 is 1.83 bits per heavy atom. The van der Waals surface area contributed by atoms with Gasteiger partial charge in [-0.1, -0.05) is 24.9 Å². The first-order chi connectivity index (χ1) is 10.8. The van der Waals surface area contributed by atoms with Gasteiger partial charge in [-0.2, -0.15) is 4.73 Å². The van der Waals surface area contributed by atoms with Crippen molar-refractivity contribution in [3.63, 3.8) is 0 Å². The average Bonchev–Trinajstić information content (AvgIpc) is 2.49. The third-order valence-corrected chi connectivity index (χ3v) is 5.99. The van der Waals surface area contributed by atoms with Gasteiger partial charge in [-0.25, -0.2) is 8.42 Å². The van der Waals surface area contributed by atoms with Crippen LogP contribution in [0, 0.1) is 6.92 Å². The Balaban J connectivity index is 2.63. The topological polar surface area (TPSA) is 76.4 Å². The van der Waals surface area contributed by atoms with Crippen molar-refractivity contribution in [1.29, 1.82) is 0 Å². The van der Waals surface area contributed by atoms with E-state index in [1.54, 1.807) is 6.92 Å².